The lowest BCUT2D eigenvalue weighted by Gasteiger charge is -2.05. The summed E-state index contributed by atoms with van der Waals surface area (Å²) in [4.78, 5) is 7.95. The third kappa shape index (κ3) is 2.83. The van der Waals surface area contributed by atoms with Crippen molar-refractivity contribution in [2.45, 2.75) is 0 Å². The summed E-state index contributed by atoms with van der Waals surface area (Å²) in [6.07, 6.45) is 0. The third-order valence-electron chi connectivity index (χ3n) is 3.74. The normalized spacial score (nSPS) is 11.0. The van der Waals surface area contributed by atoms with Crippen molar-refractivity contribution in [1.82, 2.24) is 9.97 Å². The lowest BCUT2D eigenvalue weighted by Crippen LogP contribution is -1.82. The van der Waals surface area contributed by atoms with Crippen LogP contribution in [0.15, 0.2) is 66.7 Å². The van der Waals surface area contributed by atoms with Crippen LogP contribution in [0, 0.1) is 0 Å². The molecule has 0 radical (unpaired) electrons. The molecule has 0 aliphatic carbocycles. The molecule has 112 valence electrons. The van der Waals surface area contributed by atoms with Gasteiger partial charge in [-0.05, 0) is 41.5 Å². The summed E-state index contributed by atoms with van der Waals surface area (Å²) in [5.41, 5.74) is 5.10. The Labute approximate surface area is 143 Å². The highest BCUT2D eigenvalue weighted by Gasteiger charge is 2.06. The minimum atomic E-state index is 0.633. The molecule has 0 saturated heterocycles. The maximum atomic E-state index is 6.07. The number of benzene rings is 3. The fourth-order valence-electron chi connectivity index (χ4n) is 2.63. The molecule has 4 rings (SSSR count). The highest BCUT2D eigenvalue weighted by Crippen LogP contribution is 2.29. The number of para-hydroxylation sites is 2. The molecular formula is C19H12Cl2N2. The van der Waals surface area contributed by atoms with Gasteiger partial charge in [0.2, 0.25) is 0 Å². The number of hydrogen-bond donors (Lipinski definition) is 1. The minimum Gasteiger partial charge on any atom is -0.338 e. The van der Waals surface area contributed by atoms with E-state index in [9.17, 15) is 0 Å². The van der Waals surface area contributed by atoms with Crippen LogP contribution in [0.25, 0.3) is 33.5 Å². The van der Waals surface area contributed by atoms with Gasteiger partial charge in [-0.2, -0.15) is 0 Å². The molecule has 0 aliphatic heterocycles. The summed E-state index contributed by atoms with van der Waals surface area (Å²) >= 11 is 12.1. The van der Waals surface area contributed by atoms with E-state index in [0.29, 0.717) is 10.0 Å². The number of fused-ring (bicyclic) bond motifs is 1. The molecule has 0 saturated carbocycles. The van der Waals surface area contributed by atoms with Gasteiger partial charge >= 0.3 is 0 Å². The zero-order valence-electron chi connectivity index (χ0n) is 12.1. The lowest BCUT2D eigenvalue weighted by molar-refractivity contribution is 1.34. The van der Waals surface area contributed by atoms with Crippen LogP contribution in [-0.2, 0) is 0 Å². The van der Waals surface area contributed by atoms with Gasteiger partial charge in [0.05, 0.1) is 11.0 Å². The van der Waals surface area contributed by atoms with Gasteiger partial charge in [0.15, 0.2) is 0 Å². The van der Waals surface area contributed by atoms with Gasteiger partial charge in [-0.25, -0.2) is 4.98 Å². The monoisotopic (exact) mass is 338 g/mol. The van der Waals surface area contributed by atoms with Gasteiger partial charge in [0, 0.05) is 15.6 Å². The molecule has 1 N–H and O–H groups in total. The van der Waals surface area contributed by atoms with Crippen LogP contribution in [-0.4, -0.2) is 9.97 Å². The molecule has 1 heterocycles. The molecule has 3 aromatic carbocycles. The topological polar surface area (TPSA) is 28.7 Å². The van der Waals surface area contributed by atoms with E-state index in [1.165, 1.54) is 0 Å². The van der Waals surface area contributed by atoms with E-state index in [1.807, 2.05) is 60.7 Å². The Kier molecular flexibility index (Phi) is 3.56. The molecule has 2 nitrogen and oxygen atoms in total. The van der Waals surface area contributed by atoms with Gasteiger partial charge in [-0.3, -0.25) is 0 Å². The Balaban J connectivity index is 1.72. The van der Waals surface area contributed by atoms with Crippen LogP contribution in [0.3, 0.4) is 0 Å². The summed E-state index contributed by atoms with van der Waals surface area (Å²) in [7, 11) is 0. The standard InChI is InChI=1S/C19H12Cl2N2/c20-15-9-14(10-16(21)11-15)12-5-7-13(8-6-12)19-22-17-3-1-2-4-18(17)23-19/h1-11H,(H,22,23). The van der Waals surface area contributed by atoms with E-state index in [2.05, 4.69) is 9.97 Å². The van der Waals surface area contributed by atoms with Crippen molar-refractivity contribution in [3.63, 3.8) is 0 Å². The summed E-state index contributed by atoms with van der Waals surface area (Å²) in [6, 6.07) is 21.7. The molecule has 4 aromatic rings. The second-order valence-corrected chi connectivity index (χ2v) is 6.21. The van der Waals surface area contributed by atoms with Gasteiger partial charge in [0.25, 0.3) is 0 Å². The van der Waals surface area contributed by atoms with Crippen LogP contribution in [0.4, 0.5) is 0 Å². The molecule has 23 heavy (non-hydrogen) atoms. The highest BCUT2D eigenvalue weighted by atomic mass is 35.5. The maximum absolute atomic E-state index is 6.07. The number of aromatic amines is 1. The molecule has 0 amide bonds. The zero-order chi connectivity index (χ0) is 15.8. The number of hydrogen-bond acceptors (Lipinski definition) is 1. The van der Waals surface area contributed by atoms with E-state index >= 15 is 0 Å². The summed E-state index contributed by atoms with van der Waals surface area (Å²) in [5.74, 6) is 0.863. The quantitative estimate of drug-likeness (QED) is 0.462. The first-order valence-corrected chi connectivity index (χ1v) is 7.96. The van der Waals surface area contributed by atoms with E-state index in [4.69, 9.17) is 23.2 Å². The summed E-state index contributed by atoms with van der Waals surface area (Å²) < 4.78 is 0. The number of nitrogens with one attached hydrogen (secondary N) is 1. The second-order valence-electron chi connectivity index (χ2n) is 5.34. The fourth-order valence-corrected chi connectivity index (χ4v) is 3.16. The molecule has 1 aromatic heterocycles. The largest absolute Gasteiger partial charge is 0.338 e. The number of aromatic nitrogens is 2. The van der Waals surface area contributed by atoms with Gasteiger partial charge < -0.3 is 4.98 Å². The van der Waals surface area contributed by atoms with Crippen molar-refractivity contribution in [2.75, 3.05) is 0 Å². The molecule has 0 fully saturated rings. The van der Waals surface area contributed by atoms with Crippen molar-refractivity contribution in [3.05, 3.63) is 76.8 Å². The number of halogens is 2. The van der Waals surface area contributed by atoms with E-state index < -0.39 is 0 Å². The van der Waals surface area contributed by atoms with E-state index in [0.717, 1.165) is 33.5 Å². The number of rotatable bonds is 2. The predicted molar refractivity (Wildman–Crippen MR) is 97.0 cm³/mol. The first-order chi connectivity index (χ1) is 11.2. The molecular weight excluding hydrogens is 327 g/mol. The lowest BCUT2D eigenvalue weighted by atomic mass is 10.0. The SMILES string of the molecule is Clc1cc(Cl)cc(-c2ccc(-c3nc4ccccc4[nH]3)cc2)c1. The van der Waals surface area contributed by atoms with Crippen LogP contribution in [0.2, 0.25) is 10.0 Å². The Morgan fingerprint density at radius 2 is 1.35 bits per heavy atom. The Bertz CT molecular complexity index is 935. The van der Waals surface area contributed by atoms with Crippen LogP contribution in [0.5, 0.6) is 0 Å². The first-order valence-electron chi connectivity index (χ1n) is 7.21. The molecule has 4 heteroatoms. The summed E-state index contributed by atoms with van der Waals surface area (Å²) in [5, 5.41) is 1.27. The average Bonchev–Trinajstić information content (AvgIpc) is 2.98. The third-order valence-corrected chi connectivity index (χ3v) is 4.18. The van der Waals surface area contributed by atoms with Crippen molar-refractivity contribution in [2.24, 2.45) is 0 Å². The maximum Gasteiger partial charge on any atom is 0.138 e. The van der Waals surface area contributed by atoms with Crippen molar-refractivity contribution < 1.29 is 0 Å². The molecule has 0 spiro atoms. The van der Waals surface area contributed by atoms with Crippen molar-refractivity contribution in [1.29, 1.82) is 0 Å². The zero-order valence-corrected chi connectivity index (χ0v) is 13.6. The Hall–Kier alpha value is -2.29. The Morgan fingerprint density at radius 3 is 2.04 bits per heavy atom. The second kappa shape index (κ2) is 5.73. The van der Waals surface area contributed by atoms with E-state index in [1.54, 1.807) is 6.07 Å². The highest BCUT2D eigenvalue weighted by molar-refractivity contribution is 6.35. The minimum absolute atomic E-state index is 0.633. The predicted octanol–water partition coefficient (Wildman–Crippen LogP) is 6.20. The van der Waals surface area contributed by atoms with Gasteiger partial charge in [-0.15, -0.1) is 0 Å². The van der Waals surface area contributed by atoms with Crippen LogP contribution < -0.4 is 0 Å². The fraction of sp³-hybridized carbons (Fsp3) is 0. The van der Waals surface area contributed by atoms with Crippen molar-refractivity contribution >= 4 is 34.2 Å². The molecule has 0 unspecified atom stereocenters. The first kappa shape index (κ1) is 14.3. The summed E-state index contributed by atoms with van der Waals surface area (Å²) in [6.45, 7) is 0. The van der Waals surface area contributed by atoms with E-state index in [-0.39, 0.29) is 0 Å². The molecule has 0 aliphatic rings. The van der Waals surface area contributed by atoms with Gasteiger partial charge in [-0.1, -0.05) is 59.6 Å². The number of H-pyrrole nitrogens is 1. The average molecular weight is 339 g/mol. The molecule has 0 bridgehead atoms. The van der Waals surface area contributed by atoms with Gasteiger partial charge in [0.1, 0.15) is 5.82 Å². The van der Waals surface area contributed by atoms with Crippen LogP contribution in [0.1, 0.15) is 0 Å². The molecule has 0 atom stereocenters. The van der Waals surface area contributed by atoms with Crippen LogP contribution >= 0.6 is 23.2 Å². The smallest absolute Gasteiger partial charge is 0.138 e. The number of nitrogens with zero attached hydrogens (tertiary/aromatic N) is 1. The Morgan fingerprint density at radius 1 is 0.696 bits per heavy atom. The number of imidazole rings is 1. The van der Waals surface area contributed by atoms with Crippen molar-refractivity contribution in [3.8, 4) is 22.5 Å².